The topological polar surface area (TPSA) is 36.9 Å². The second kappa shape index (κ2) is 14.3. The van der Waals surface area contributed by atoms with Crippen LogP contribution in [-0.4, -0.2) is 49.2 Å². The predicted molar refractivity (Wildman–Crippen MR) is 198 cm³/mol. The number of hydrogen-bond acceptors (Lipinski definition) is 4. The molecule has 4 nitrogen and oxygen atoms in total. The third kappa shape index (κ3) is 8.22. The van der Waals surface area contributed by atoms with Crippen LogP contribution in [0.15, 0.2) is 134 Å². The van der Waals surface area contributed by atoms with E-state index in [9.17, 15) is 0 Å². The van der Waals surface area contributed by atoms with Gasteiger partial charge in [0.2, 0.25) is 8.32 Å². The van der Waals surface area contributed by atoms with Crippen molar-refractivity contribution in [2.75, 3.05) is 7.11 Å². The molecule has 0 aliphatic heterocycles. The Bertz CT molecular complexity index is 1390. The predicted octanol–water partition coefficient (Wildman–Crippen LogP) is 6.54. The van der Waals surface area contributed by atoms with Gasteiger partial charge in [0.25, 0.3) is 0 Å². The quantitative estimate of drug-likeness (QED) is 0.135. The van der Waals surface area contributed by atoms with Crippen molar-refractivity contribution in [3.8, 4) is 0 Å². The maximum absolute atomic E-state index is 7.55. The summed E-state index contributed by atoms with van der Waals surface area (Å²) in [5, 5.41) is 4.54. The molecule has 0 saturated carbocycles. The van der Waals surface area contributed by atoms with Crippen LogP contribution in [0, 0.1) is 0 Å². The molecule has 4 aromatic rings. The van der Waals surface area contributed by atoms with E-state index in [0.717, 1.165) is 32.8 Å². The number of hydrogen-bond donors (Lipinski definition) is 0. The maximum Gasteiger partial charge on any atom is 0.396 e. The Balaban J connectivity index is 1.68. The molecule has 0 N–H and O–H groups in total. The van der Waals surface area contributed by atoms with Gasteiger partial charge in [0.15, 0.2) is 16.6 Å². The van der Waals surface area contributed by atoms with Crippen molar-refractivity contribution in [1.82, 2.24) is 0 Å². The van der Waals surface area contributed by atoms with Gasteiger partial charge in [-0.3, -0.25) is 0 Å². The normalized spacial score (nSPS) is 13.1. The van der Waals surface area contributed by atoms with Crippen molar-refractivity contribution < 1.29 is 16.8 Å². The molecule has 0 spiro atoms. The SMILES string of the molecule is C=C[Si](C)(C)O[Si](O[Si](C)(C)CC[Si](C)(C)O[Si](OC)(c1ccccc1)c1ccccc1)(c1ccccc1)c1ccccc1. The molecule has 0 unspecified atom stereocenters. The summed E-state index contributed by atoms with van der Waals surface area (Å²) in [5.74, 6) is 0. The van der Waals surface area contributed by atoms with Crippen molar-refractivity contribution in [2.24, 2.45) is 0 Å². The third-order valence-corrected chi connectivity index (χ3v) is 27.3. The lowest BCUT2D eigenvalue weighted by Gasteiger charge is -2.43. The van der Waals surface area contributed by atoms with E-state index in [1.165, 1.54) is 0 Å². The van der Waals surface area contributed by atoms with Crippen LogP contribution in [0.1, 0.15) is 0 Å². The van der Waals surface area contributed by atoms with E-state index in [4.69, 9.17) is 16.8 Å². The summed E-state index contributed by atoms with van der Waals surface area (Å²) in [4.78, 5) is 0. The average molecular weight is 673 g/mol. The number of benzene rings is 4. The van der Waals surface area contributed by atoms with Gasteiger partial charge in [-0.25, -0.2) is 0 Å². The molecular formula is C35H48O4Si5. The highest BCUT2D eigenvalue weighted by molar-refractivity contribution is 7.03. The van der Waals surface area contributed by atoms with Gasteiger partial charge in [0.05, 0.1) is 0 Å². The molecule has 0 aromatic heterocycles. The minimum Gasteiger partial charge on any atom is -0.430 e. The largest absolute Gasteiger partial charge is 0.430 e. The molecule has 4 rings (SSSR count). The van der Waals surface area contributed by atoms with Gasteiger partial charge in [0.1, 0.15) is 0 Å². The fraction of sp³-hybridized carbons (Fsp3) is 0.257. The summed E-state index contributed by atoms with van der Waals surface area (Å²) in [6.07, 6.45) is 0. The molecule has 232 valence electrons. The molecular weight excluding hydrogens is 625 g/mol. The van der Waals surface area contributed by atoms with Gasteiger partial charge >= 0.3 is 17.1 Å². The average Bonchev–Trinajstić information content (AvgIpc) is 3.04. The second-order valence-corrected chi connectivity index (χ2v) is 32.3. The minimum absolute atomic E-state index is 0.956. The lowest BCUT2D eigenvalue weighted by Crippen LogP contribution is -2.70. The van der Waals surface area contributed by atoms with E-state index in [-0.39, 0.29) is 0 Å². The molecule has 0 radical (unpaired) electrons. The van der Waals surface area contributed by atoms with E-state index in [1.807, 2.05) is 17.8 Å². The molecule has 0 fully saturated rings. The van der Waals surface area contributed by atoms with Gasteiger partial charge in [-0.1, -0.05) is 127 Å². The first-order valence-electron chi connectivity index (χ1n) is 15.4. The first kappa shape index (κ1) is 34.4. The zero-order valence-corrected chi connectivity index (χ0v) is 32.4. The van der Waals surface area contributed by atoms with Gasteiger partial charge < -0.3 is 16.8 Å². The smallest absolute Gasteiger partial charge is 0.396 e. The van der Waals surface area contributed by atoms with Crippen molar-refractivity contribution in [1.29, 1.82) is 0 Å². The first-order chi connectivity index (χ1) is 20.9. The zero-order valence-electron chi connectivity index (χ0n) is 27.4. The van der Waals surface area contributed by atoms with Crippen LogP contribution < -0.4 is 20.7 Å². The Hall–Kier alpha value is -2.46. The van der Waals surface area contributed by atoms with Crippen LogP contribution in [0.5, 0.6) is 0 Å². The van der Waals surface area contributed by atoms with E-state index in [1.54, 1.807) is 7.11 Å². The van der Waals surface area contributed by atoms with Gasteiger partial charge in [0, 0.05) is 7.11 Å². The van der Waals surface area contributed by atoms with E-state index >= 15 is 0 Å². The van der Waals surface area contributed by atoms with Crippen LogP contribution in [-0.2, 0) is 16.8 Å². The molecule has 0 bridgehead atoms. The fourth-order valence-electron chi connectivity index (χ4n) is 5.51. The molecule has 0 aliphatic rings. The van der Waals surface area contributed by atoms with E-state index < -0.39 is 42.1 Å². The number of rotatable bonds is 15. The van der Waals surface area contributed by atoms with E-state index in [2.05, 4.69) is 155 Å². The molecule has 0 heterocycles. The summed E-state index contributed by atoms with van der Waals surface area (Å²) < 4.78 is 28.6. The monoisotopic (exact) mass is 672 g/mol. The van der Waals surface area contributed by atoms with Crippen LogP contribution in [0.4, 0.5) is 0 Å². The molecule has 44 heavy (non-hydrogen) atoms. The highest BCUT2D eigenvalue weighted by atomic mass is 28.5. The van der Waals surface area contributed by atoms with Crippen molar-refractivity contribution in [2.45, 2.75) is 51.4 Å². The summed E-state index contributed by atoms with van der Waals surface area (Å²) >= 11 is 0. The lowest BCUT2D eigenvalue weighted by molar-refractivity contribution is 0.325. The van der Waals surface area contributed by atoms with Crippen molar-refractivity contribution in [3.63, 3.8) is 0 Å². The lowest BCUT2D eigenvalue weighted by atomic mass is 10.4. The Labute approximate surface area is 270 Å². The van der Waals surface area contributed by atoms with Gasteiger partial charge in [-0.2, -0.15) is 0 Å². The summed E-state index contributed by atoms with van der Waals surface area (Å²) in [6.45, 7) is 17.9. The van der Waals surface area contributed by atoms with Crippen LogP contribution in [0.25, 0.3) is 0 Å². The van der Waals surface area contributed by atoms with Crippen LogP contribution in [0.2, 0.25) is 51.4 Å². The van der Waals surface area contributed by atoms with Gasteiger partial charge in [-0.05, 0) is 72.1 Å². The summed E-state index contributed by atoms with van der Waals surface area (Å²) in [7, 11) is -11.0. The minimum atomic E-state index is -3.08. The third-order valence-electron chi connectivity index (χ3n) is 7.97. The van der Waals surface area contributed by atoms with Crippen LogP contribution >= 0.6 is 0 Å². The van der Waals surface area contributed by atoms with Crippen molar-refractivity contribution in [3.05, 3.63) is 134 Å². The fourth-order valence-corrected chi connectivity index (χ4v) is 28.0. The highest BCUT2D eigenvalue weighted by Gasteiger charge is 2.51. The summed E-state index contributed by atoms with van der Waals surface area (Å²) in [6, 6.07) is 44.1. The van der Waals surface area contributed by atoms with Crippen LogP contribution in [0.3, 0.4) is 0 Å². The zero-order chi connectivity index (χ0) is 31.9. The Kier molecular flexibility index (Phi) is 11.2. The molecule has 0 saturated heterocycles. The second-order valence-electron chi connectivity index (χ2n) is 13.0. The van der Waals surface area contributed by atoms with E-state index in [0.29, 0.717) is 0 Å². The van der Waals surface area contributed by atoms with Crippen molar-refractivity contribution >= 4 is 62.8 Å². The maximum atomic E-state index is 7.55. The molecule has 4 aromatic carbocycles. The highest BCUT2D eigenvalue weighted by Crippen LogP contribution is 2.29. The molecule has 0 aliphatic carbocycles. The Morgan fingerprint density at radius 2 is 0.773 bits per heavy atom. The standard InChI is InChI=1S/C35H48O4Si5/c1-9-40(3,4)37-44(34-26-18-12-19-27-34,35-28-20-13-21-29-35)39-42(7,8)31-30-41(5,6)38-43(36-2,32-22-14-10-15-23-32)33-24-16-11-17-25-33/h9-29H,1,30-31H2,2-8H3. The Morgan fingerprint density at radius 3 is 1.07 bits per heavy atom. The van der Waals surface area contributed by atoms with Gasteiger partial charge in [-0.15, -0.1) is 6.58 Å². The Morgan fingerprint density at radius 1 is 0.477 bits per heavy atom. The molecule has 9 heteroatoms. The molecule has 0 atom stereocenters. The summed E-state index contributed by atoms with van der Waals surface area (Å²) in [5.41, 5.74) is 2.02. The first-order valence-corrected chi connectivity index (χ1v) is 28.2. The molecule has 0 amide bonds.